The molecule has 1 N–H and O–H groups in total. The van der Waals surface area contributed by atoms with E-state index in [1.807, 2.05) is 49.4 Å². The predicted octanol–water partition coefficient (Wildman–Crippen LogP) is 4.04. The zero-order chi connectivity index (χ0) is 13.8. The first-order valence-electron chi connectivity index (χ1n) is 6.18. The van der Waals surface area contributed by atoms with E-state index in [0.717, 1.165) is 26.9 Å². The Labute approximate surface area is 122 Å². The molecule has 2 nitrogen and oxygen atoms in total. The molecule has 0 saturated carbocycles. The van der Waals surface area contributed by atoms with Gasteiger partial charge in [-0.2, -0.15) is 0 Å². The molecule has 2 rings (SSSR count). The third-order valence-corrected chi connectivity index (χ3v) is 4.23. The fourth-order valence-corrected chi connectivity index (χ4v) is 2.59. The second-order valence-corrected chi connectivity index (χ2v) is 5.34. The predicted molar refractivity (Wildman–Crippen MR) is 80.5 cm³/mol. The van der Waals surface area contributed by atoms with Crippen molar-refractivity contribution in [2.24, 2.45) is 0 Å². The van der Waals surface area contributed by atoms with Gasteiger partial charge in [0.1, 0.15) is 5.75 Å². The number of methoxy groups -OCH3 is 1. The zero-order valence-electron chi connectivity index (χ0n) is 11.1. The number of hydrogen-bond donors (Lipinski definition) is 1. The summed E-state index contributed by atoms with van der Waals surface area (Å²) < 4.78 is 6.17. The SMILES string of the molecule is COc1cccc(CC(O)c2cccc(C)c2Br)c1. The number of aryl methyl sites for hydroxylation is 1. The summed E-state index contributed by atoms with van der Waals surface area (Å²) in [5.74, 6) is 0.813. The van der Waals surface area contributed by atoms with E-state index in [9.17, 15) is 5.11 Å². The van der Waals surface area contributed by atoms with Gasteiger partial charge in [-0.3, -0.25) is 0 Å². The maximum Gasteiger partial charge on any atom is 0.119 e. The highest BCUT2D eigenvalue weighted by Crippen LogP contribution is 2.29. The van der Waals surface area contributed by atoms with Crippen LogP contribution in [0.1, 0.15) is 22.8 Å². The minimum atomic E-state index is -0.526. The summed E-state index contributed by atoms with van der Waals surface area (Å²) in [4.78, 5) is 0. The zero-order valence-corrected chi connectivity index (χ0v) is 12.6. The normalized spacial score (nSPS) is 12.2. The van der Waals surface area contributed by atoms with Gasteiger partial charge in [0.15, 0.2) is 0 Å². The summed E-state index contributed by atoms with van der Waals surface area (Å²) >= 11 is 3.54. The molecule has 19 heavy (non-hydrogen) atoms. The second-order valence-electron chi connectivity index (χ2n) is 4.55. The molecule has 1 atom stereocenters. The summed E-state index contributed by atoms with van der Waals surface area (Å²) in [6, 6.07) is 13.7. The minimum absolute atomic E-state index is 0.526. The molecule has 0 spiro atoms. The van der Waals surface area contributed by atoms with Crippen molar-refractivity contribution in [3.63, 3.8) is 0 Å². The molecule has 2 aromatic rings. The highest BCUT2D eigenvalue weighted by atomic mass is 79.9. The monoisotopic (exact) mass is 320 g/mol. The molecule has 1 unspecified atom stereocenters. The summed E-state index contributed by atoms with van der Waals surface area (Å²) in [6.45, 7) is 2.02. The maximum atomic E-state index is 10.4. The van der Waals surface area contributed by atoms with Crippen LogP contribution in [0.25, 0.3) is 0 Å². The van der Waals surface area contributed by atoms with E-state index in [4.69, 9.17) is 4.74 Å². The molecule has 0 bridgehead atoms. The molecule has 0 fully saturated rings. The van der Waals surface area contributed by atoms with Gasteiger partial charge in [-0.25, -0.2) is 0 Å². The van der Waals surface area contributed by atoms with Gasteiger partial charge < -0.3 is 9.84 Å². The fourth-order valence-electron chi connectivity index (χ4n) is 2.06. The molecule has 2 aromatic carbocycles. The summed E-state index contributed by atoms with van der Waals surface area (Å²) in [5, 5.41) is 10.4. The van der Waals surface area contributed by atoms with Crippen LogP contribution in [-0.2, 0) is 6.42 Å². The van der Waals surface area contributed by atoms with Crippen LogP contribution in [0.15, 0.2) is 46.9 Å². The molecule has 0 heterocycles. The molecule has 0 aliphatic rings. The van der Waals surface area contributed by atoms with Crippen LogP contribution >= 0.6 is 15.9 Å². The van der Waals surface area contributed by atoms with Crippen molar-refractivity contribution in [1.82, 2.24) is 0 Å². The Kier molecular flexibility index (Phi) is 4.61. The van der Waals surface area contributed by atoms with Crippen LogP contribution in [0.4, 0.5) is 0 Å². The molecule has 0 radical (unpaired) electrons. The third-order valence-electron chi connectivity index (χ3n) is 3.14. The smallest absolute Gasteiger partial charge is 0.119 e. The van der Waals surface area contributed by atoms with Gasteiger partial charge in [0, 0.05) is 10.9 Å². The highest BCUT2D eigenvalue weighted by molar-refractivity contribution is 9.10. The van der Waals surface area contributed by atoms with Crippen molar-refractivity contribution in [3.8, 4) is 5.75 Å². The standard InChI is InChI=1S/C16H17BrO2/c1-11-5-3-8-14(16(11)17)15(18)10-12-6-4-7-13(9-12)19-2/h3-9,15,18H,10H2,1-2H3. The minimum Gasteiger partial charge on any atom is -0.497 e. The molecular formula is C16H17BrO2. The van der Waals surface area contributed by atoms with E-state index in [1.165, 1.54) is 0 Å². The van der Waals surface area contributed by atoms with Crippen molar-refractivity contribution >= 4 is 15.9 Å². The number of halogens is 1. The number of rotatable bonds is 4. The first-order valence-corrected chi connectivity index (χ1v) is 6.97. The van der Waals surface area contributed by atoms with Crippen molar-refractivity contribution in [1.29, 1.82) is 0 Å². The Bertz CT molecular complexity index is 566. The number of aliphatic hydroxyl groups is 1. The van der Waals surface area contributed by atoms with E-state index in [2.05, 4.69) is 15.9 Å². The van der Waals surface area contributed by atoms with E-state index in [0.29, 0.717) is 6.42 Å². The van der Waals surface area contributed by atoms with Gasteiger partial charge in [0.25, 0.3) is 0 Å². The van der Waals surface area contributed by atoms with Gasteiger partial charge in [0.2, 0.25) is 0 Å². The van der Waals surface area contributed by atoms with Crippen LogP contribution in [-0.4, -0.2) is 12.2 Å². The Morgan fingerprint density at radius 2 is 1.95 bits per heavy atom. The molecule has 3 heteroatoms. The average molecular weight is 321 g/mol. The van der Waals surface area contributed by atoms with Crippen LogP contribution in [0.3, 0.4) is 0 Å². The van der Waals surface area contributed by atoms with Gasteiger partial charge >= 0.3 is 0 Å². The quantitative estimate of drug-likeness (QED) is 0.921. The van der Waals surface area contributed by atoms with E-state index in [1.54, 1.807) is 7.11 Å². The lowest BCUT2D eigenvalue weighted by Gasteiger charge is -2.14. The molecule has 0 aliphatic carbocycles. The van der Waals surface area contributed by atoms with Gasteiger partial charge in [0.05, 0.1) is 13.2 Å². The fraction of sp³-hybridized carbons (Fsp3) is 0.250. The van der Waals surface area contributed by atoms with Crippen molar-refractivity contribution in [2.45, 2.75) is 19.4 Å². The molecule has 100 valence electrons. The largest absolute Gasteiger partial charge is 0.497 e. The Hall–Kier alpha value is -1.32. The lowest BCUT2D eigenvalue weighted by Crippen LogP contribution is -2.03. The maximum absolute atomic E-state index is 10.4. The molecular weight excluding hydrogens is 304 g/mol. The Morgan fingerprint density at radius 3 is 2.68 bits per heavy atom. The van der Waals surface area contributed by atoms with Crippen molar-refractivity contribution in [2.75, 3.05) is 7.11 Å². The summed E-state index contributed by atoms with van der Waals surface area (Å²) in [5.41, 5.74) is 3.10. The molecule has 0 aromatic heterocycles. The summed E-state index contributed by atoms with van der Waals surface area (Å²) in [7, 11) is 1.65. The molecule has 0 saturated heterocycles. The van der Waals surface area contributed by atoms with E-state index >= 15 is 0 Å². The Morgan fingerprint density at radius 1 is 1.21 bits per heavy atom. The lowest BCUT2D eigenvalue weighted by atomic mass is 10.00. The summed E-state index contributed by atoms with van der Waals surface area (Å²) in [6.07, 6.45) is 0.0422. The van der Waals surface area contributed by atoms with Crippen LogP contribution in [0.5, 0.6) is 5.75 Å². The van der Waals surface area contributed by atoms with E-state index < -0.39 is 6.10 Å². The van der Waals surface area contributed by atoms with E-state index in [-0.39, 0.29) is 0 Å². The molecule has 0 amide bonds. The third kappa shape index (κ3) is 3.37. The van der Waals surface area contributed by atoms with Crippen LogP contribution in [0, 0.1) is 6.92 Å². The molecule has 0 aliphatic heterocycles. The topological polar surface area (TPSA) is 29.5 Å². The van der Waals surface area contributed by atoms with Gasteiger partial charge in [-0.1, -0.05) is 46.3 Å². The van der Waals surface area contributed by atoms with Gasteiger partial charge in [-0.15, -0.1) is 0 Å². The average Bonchev–Trinajstić information content (AvgIpc) is 2.42. The lowest BCUT2D eigenvalue weighted by molar-refractivity contribution is 0.177. The number of hydrogen-bond acceptors (Lipinski definition) is 2. The van der Waals surface area contributed by atoms with Crippen LogP contribution in [0.2, 0.25) is 0 Å². The van der Waals surface area contributed by atoms with Crippen molar-refractivity contribution in [3.05, 3.63) is 63.6 Å². The van der Waals surface area contributed by atoms with Crippen LogP contribution < -0.4 is 4.74 Å². The van der Waals surface area contributed by atoms with Crippen molar-refractivity contribution < 1.29 is 9.84 Å². The van der Waals surface area contributed by atoms with Gasteiger partial charge in [-0.05, 0) is 35.7 Å². The Balaban J connectivity index is 2.20. The first-order chi connectivity index (χ1) is 9.11. The number of benzene rings is 2. The first kappa shape index (κ1) is 14.1. The number of ether oxygens (including phenoxy) is 1. The second kappa shape index (κ2) is 6.22. The highest BCUT2D eigenvalue weighted by Gasteiger charge is 2.13. The number of aliphatic hydroxyl groups excluding tert-OH is 1.